The van der Waals surface area contributed by atoms with Gasteiger partial charge in [0.2, 0.25) is 0 Å². The number of ether oxygens (including phenoxy) is 1. The Morgan fingerprint density at radius 1 is 1.07 bits per heavy atom. The molecule has 1 atom stereocenters. The maximum atomic E-state index is 13.4. The highest BCUT2D eigenvalue weighted by Crippen LogP contribution is 2.34. The van der Waals surface area contributed by atoms with Gasteiger partial charge in [-0.1, -0.05) is 60.1 Å². The van der Waals surface area contributed by atoms with Crippen LogP contribution in [0.2, 0.25) is 5.02 Å². The van der Waals surface area contributed by atoms with E-state index in [2.05, 4.69) is 5.32 Å². The van der Waals surface area contributed by atoms with Crippen molar-refractivity contribution in [2.75, 3.05) is 12.4 Å². The average molecular weight is 407 g/mol. The predicted octanol–water partition coefficient (Wildman–Crippen LogP) is 4.68. The molecule has 0 radical (unpaired) electrons. The van der Waals surface area contributed by atoms with Crippen LogP contribution in [0.15, 0.2) is 72.8 Å². The van der Waals surface area contributed by atoms with Gasteiger partial charge in [-0.05, 0) is 35.4 Å². The second-order valence-corrected chi connectivity index (χ2v) is 7.17. The highest BCUT2D eigenvalue weighted by molar-refractivity contribution is 6.31. The zero-order valence-corrected chi connectivity index (χ0v) is 16.5. The normalized spacial score (nSPS) is 13.7. The summed E-state index contributed by atoms with van der Waals surface area (Å²) in [7, 11) is 1.52. The van der Waals surface area contributed by atoms with Crippen LogP contribution in [0.5, 0.6) is 5.75 Å². The first kappa shape index (κ1) is 19.0. The molecule has 1 heterocycles. The number of fused-ring (bicyclic) bond motifs is 1. The fourth-order valence-corrected chi connectivity index (χ4v) is 3.74. The Bertz CT molecular complexity index is 1070. The fourth-order valence-electron chi connectivity index (χ4n) is 3.57. The number of benzene rings is 3. The van der Waals surface area contributed by atoms with Crippen molar-refractivity contribution in [1.29, 1.82) is 0 Å². The number of amides is 2. The summed E-state index contributed by atoms with van der Waals surface area (Å²) >= 11 is 6.09. The molecule has 0 aromatic heterocycles. The monoisotopic (exact) mass is 406 g/mol. The molecule has 1 N–H and O–H groups in total. The van der Waals surface area contributed by atoms with Crippen molar-refractivity contribution in [3.8, 4) is 5.75 Å². The topological polar surface area (TPSA) is 58.6 Å². The third kappa shape index (κ3) is 3.69. The summed E-state index contributed by atoms with van der Waals surface area (Å²) in [5, 5.41) is 3.36. The molecule has 1 aliphatic rings. The van der Waals surface area contributed by atoms with Crippen LogP contribution in [0.25, 0.3) is 0 Å². The van der Waals surface area contributed by atoms with E-state index in [4.69, 9.17) is 16.3 Å². The average Bonchev–Trinajstić information content (AvgIpc) is 3.06. The molecule has 2 amide bonds. The zero-order valence-electron chi connectivity index (χ0n) is 15.8. The molecule has 1 unspecified atom stereocenters. The lowest BCUT2D eigenvalue weighted by Crippen LogP contribution is -2.37. The third-order valence-corrected chi connectivity index (χ3v) is 5.18. The minimum Gasteiger partial charge on any atom is -0.495 e. The number of halogens is 1. The Balaban J connectivity index is 1.70. The molecule has 0 saturated heterocycles. The minimum atomic E-state index is -0.792. The number of carbonyl (C=O) groups is 2. The van der Waals surface area contributed by atoms with Crippen LogP contribution < -0.4 is 10.1 Å². The number of methoxy groups -OCH3 is 1. The molecule has 0 bridgehead atoms. The predicted molar refractivity (Wildman–Crippen MR) is 112 cm³/mol. The van der Waals surface area contributed by atoms with E-state index in [1.54, 1.807) is 29.2 Å². The lowest BCUT2D eigenvalue weighted by molar-refractivity contribution is -0.120. The van der Waals surface area contributed by atoms with E-state index in [0.29, 0.717) is 28.6 Å². The van der Waals surface area contributed by atoms with Gasteiger partial charge in [0, 0.05) is 17.1 Å². The van der Waals surface area contributed by atoms with Crippen LogP contribution in [0, 0.1) is 0 Å². The van der Waals surface area contributed by atoms with Gasteiger partial charge in [-0.2, -0.15) is 0 Å². The summed E-state index contributed by atoms with van der Waals surface area (Å²) in [6.45, 7) is 0.370. The largest absolute Gasteiger partial charge is 0.495 e. The van der Waals surface area contributed by atoms with Crippen molar-refractivity contribution in [3.63, 3.8) is 0 Å². The van der Waals surface area contributed by atoms with Gasteiger partial charge in [-0.25, -0.2) is 0 Å². The van der Waals surface area contributed by atoms with E-state index >= 15 is 0 Å². The highest BCUT2D eigenvalue weighted by atomic mass is 35.5. The Labute approximate surface area is 173 Å². The van der Waals surface area contributed by atoms with Crippen LogP contribution in [-0.2, 0) is 11.3 Å². The van der Waals surface area contributed by atoms with Gasteiger partial charge in [0.05, 0.1) is 12.8 Å². The zero-order chi connectivity index (χ0) is 20.4. The van der Waals surface area contributed by atoms with Crippen molar-refractivity contribution in [3.05, 3.63) is 94.5 Å². The van der Waals surface area contributed by atoms with Crippen LogP contribution in [-0.4, -0.2) is 23.8 Å². The first-order chi connectivity index (χ1) is 14.1. The number of nitrogens with zero attached hydrogens (tertiary/aromatic N) is 1. The number of hydrogen-bond acceptors (Lipinski definition) is 3. The summed E-state index contributed by atoms with van der Waals surface area (Å²) in [6.07, 6.45) is 0. The molecule has 29 heavy (non-hydrogen) atoms. The smallest absolute Gasteiger partial charge is 0.255 e. The van der Waals surface area contributed by atoms with Gasteiger partial charge >= 0.3 is 0 Å². The Kier molecular flexibility index (Phi) is 5.23. The Morgan fingerprint density at radius 3 is 2.52 bits per heavy atom. The molecule has 3 aromatic rings. The summed E-state index contributed by atoms with van der Waals surface area (Å²) < 4.78 is 5.33. The van der Waals surface area contributed by atoms with Gasteiger partial charge in [-0.15, -0.1) is 0 Å². The van der Waals surface area contributed by atoms with Gasteiger partial charge in [0.1, 0.15) is 11.8 Å². The van der Waals surface area contributed by atoms with E-state index in [1.165, 1.54) is 7.11 Å². The van der Waals surface area contributed by atoms with Crippen molar-refractivity contribution in [2.24, 2.45) is 0 Å². The third-order valence-electron chi connectivity index (χ3n) is 4.94. The minimum absolute atomic E-state index is 0.164. The number of rotatable bonds is 5. The molecular weight excluding hydrogens is 388 g/mol. The maximum Gasteiger partial charge on any atom is 0.255 e. The molecule has 0 saturated carbocycles. The van der Waals surface area contributed by atoms with E-state index < -0.39 is 6.04 Å². The molecule has 4 rings (SSSR count). The first-order valence-corrected chi connectivity index (χ1v) is 9.54. The summed E-state index contributed by atoms with van der Waals surface area (Å²) in [5.74, 6) is -0.00817. The molecule has 146 valence electrons. The van der Waals surface area contributed by atoms with E-state index in [1.807, 2.05) is 48.5 Å². The van der Waals surface area contributed by atoms with Gasteiger partial charge < -0.3 is 15.0 Å². The lowest BCUT2D eigenvalue weighted by atomic mass is 10.0. The lowest BCUT2D eigenvalue weighted by Gasteiger charge is -2.27. The Morgan fingerprint density at radius 2 is 1.79 bits per heavy atom. The van der Waals surface area contributed by atoms with Crippen LogP contribution in [0.4, 0.5) is 5.69 Å². The molecular formula is C23H19ClN2O3. The van der Waals surface area contributed by atoms with Crippen molar-refractivity contribution in [1.82, 2.24) is 4.90 Å². The second-order valence-electron chi connectivity index (χ2n) is 6.74. The quantitative estimate of drug-likeness (QED) is 0.669. The number of anilines is 1. The molecule has 1 aliphatic heterocycles. The molecule has 0 fully saturated rings. The van der Waals surface area contributed by atoms with E-state index in [9.17, 15) is 9.59 Å². The molecule has 0 spiro atoms. The molecule has 0 aliphatic carbocycles. The van der Waals surface area contributed by atoms with Crippen LogP contribution in [0.1, 0.15) is 27.5 Å². The number of hydrogen-bond donors (Lipinski definition) is 1. The number of carbonyl (C=O) groups excluding carboxylic acids is 2. The molecule has 3 aromatic carbocycles. The fraction of sp³-hybridized carbons (Fsp3) is 0.130. The molecule has 6 heteroatoms. The highest BCUT2D eigenvalue weighted by Gasteiger charge is 2.37. The molecule has 5 nitrogen and oxygen atoms in total. The SMILES string of the molecule is COc1ccc(Cl)cc1NC(=O)C(c1ccccc1)N1Cc2ccccc2C1=O. The standard InChI is InChI=1S/C23H19ClN2O3/c1-29-20-12-11-17(24)13-19(20)25-22(27)21(15-7-3-2-4-8-15)26-14-16-9-5-6-10-18(16)23(26)28/h2-13,21H,14H2,1H3,(H,25,27). The maximum absolute atomic E-state index is 13.4. The number of nitrogens with one attached hydrogen (secondary N) is 1. The Hall–Kier alpha value is -3.31. The summed E-state index contributed by atoms with van der Waals surface area (Å²) in [6, 6.07) is 20.9. The summed E-state index contributed by atoms with van der Waals surface area (Å²) in [5.41, 5.74) is 2.72. The van der Waals surface area contributed by atoms with E-state index in [0.717, 1.165) is 11.1 Å². The van der Waals surface area contributed by atoms with Crippen molar-refractivity contribution >= 4 is 29.1 Å². The van der Waals surface area contributed by atoms with Crippen molar-refractivity contribution < 1.29 is 14.3 Å². The van der Waals surface area contributed by atoms with Crippen molar-refractivity contribution in [2.45, 2.75) is 12.6 Å². The van der Waals surface area contributed by atoms with Gasteiger partial charge in [0.15, 0.2) is 0 Å². The van der Waals surface area contributed by atoms with Crippen LogP contribution in [0.3, 0.4) is 0 Å². The van der Waals surface area contributed by atoms with Gasteiger partial charge in [0.25, 0.3) is 11.8 Å². The van der Waals surface area contributed by atoms with Crippen LogP contribution >= 0.6 is 11.6 Å². The second kappa shape index (κ2) is 7.97. The summed E-state index contributed by atoms with van der Waals surface area (Å²) in [4.78, 5) is 28.0. The first-order valence-electron chi connectivity index (χ1n) is 9.16. The van der Waals surface area contributed by atoms with E-state index in [-0.39, 0.29) is 11.8 Å². The van der Waals surface area contributed by atoms with Gasteiger partial charge in [-0.3, -0.25) is 9.59 Å².